The van der Waals surface area contributed by atoms with Gasteiger partial charge in [0.05, 0.1) is 7.11 Å². The fraction of sp³-hybridized carbons (Fsp3) is 0.200. The highest BCUT2D eigenvalue weighted by atomic mass is 35.5. The first-order valence-corrected chi connectivity index (χ1v) is 10.4. The number of nitrogens with one attached hydrogen (secondary N) is 1. The molecule has 0 aliphatic heterocycles. The predicted molar refractivity (Wildman–Crippen MR) is 126 cm³/mol. The SMILES string of the molecule is C=CCc1cc(CNc2cccc(Cl)c2C)cc(OC)c1OCc1cccc(Cl)c1. The van der Waals surface area contributed by atoms with E-state index in [1.54, 1.807) is 7.11 Å². The molecular weight excluding hydrogens is 417 g/mol. The first kappa shape index (κ1) is 22.1. The standard InChI is InChI=1S/C25H25Cl2NO2/c1-4-7-20-12-19(15-28-23-11-6-10-22(27)17(23)2)14-24(29-3)25(20)30-16-18-8-5-9-21(26)13-18/h4-6,8-14,28H,1,7,15-16H2,2-3H3. The monoisotopic (exact) mass is 441 g/mol. The van der Waals surface area contributed by atoms with Crippen LogP contribution in [0, 0.1) is 6.92 Å². The predicted octanol–water partition coefficient (Wildman–Crippen LogP) is 7.23. The van der Waals surface area contributed by atoms with Gasteiger partial charge in [-0.1, -0.05) is 47.5 Å². The molecule has 0 amide bonds. The molecule has 1 N–H and O–H groups in total. The molecule has 0 radical (unpaired) electrons. The number of methoxy groups -OCH3 is 1. The van der Waals surface area contributed by atoms with Gasteiger partial charge in [-0.3, -0.25) is 0 Å². The van der Waals surface area contributed by atoms with Gasteiger partial charge in [-0.15, -0.1) is 6.58 Å². The molecule has 3 rings (SSSR count). The number of anilines is 1. The zero-order valence-electron chi connectivity index (χ0n) is 17.2. The fourth-order valence-corrected chi connectivity index (χ4v) is 3.61. The summed E-state index contributed by atoms with van der Waals surface area (Å²) in [5.74, 6) is 1.41. The lowest BCUT2D eigenvalue weighted by Gasteiger charge is -2.18. The van der Waals surface area contributed by atoms with E-state index in [0.717, 1.165) is 38.7 Å². The summed E-state index contributed by atoms with van der Waals surface area (Å²) in [5.41, 5.74) is 5.13. The average molecular weight is 442 g/mol. The van der Waals surface area contributed by atoms with Crippen molar-refractivity contribution in [2.45, 2.75) is 26.5 Å². The second kappa shape index (κ2) is 10.4. The zero-order chi connectivity index (χ0) is 21.5. The Bertz CT molecular complexity index is 1030. The lowest BCUT2D eigenvalue weighted by Crippen LogP contribution is -2.05. The van der Waals surface area contributed by atoms with E-state index in [1.807, 2.05) is 61.5 Å². The Labute approximate surface area is 188 Å². The van der Waals surface area contributed by atoms with Gasteiger partial charge >= 0.3 is 0 Å². The molecule has 156 valence electrons. The van der Waals surface area contributed by atoms with E-state index in [4.69, 9.17) is 32.7 Å². The molecule has 0 aliphatic rings. The van der Waals surface area contributed by atoms with Gasteiger partial charge in [-0.25, -0.2) is 0 Å². The van der Waals surface area contributed by atoms with E-state index in [2.05, 4.69) is 18.0 Å². The van der Waals surface area contributed by atoms with Gasteiger partial charge in [0.2, 0.25) is 0 Å². The molecule has 30 heavy (non-hydrogen) atoms. The van der Waals surface area contributed by atoms with Gasteiger partial charge in [0.25, 0.3) is 0 Å². The van der Waals surface area contributed by atoms with Crippen LogP contribution in [0.4, 0.5) is 5.69 Å². The minimum atomic E-state index is 0.403. The molecule has 3 aromatic carbocycles. The van der Waals surface area contributed by atoms with Crippen molar-refractivity contribution >= 4 is 28.9 Å². The molecular formula is C25H25Cl2NO2. The van der Waals surface area contributed by atoms with Crippen LogP contribution in [-0.4, -0.2) is 7.11 Å². The van der Waals surface area contributed by atoms with E-state index in [0.29, 0.717) is 30.3 Å². The van der Waals surface area contributed by atoms with E-state index >= 15 is 0 Å². The van der Waals surface area contributed by atoms with Gasteiger partial charge in [0, 0.05) is 27.8 Å². The Hall–Kier alpha value is -2.62. The summed E-state index contributed by atoms with van der Waals surface area (Å²) < 4.78 is 11.8. The minimum Gasteiger partial charge on any atom is -0.493 e. The third-order valence-electron chi connectivity index (χ3n) is 4.80. The van der Waals surface area contributed by atoms with Gasteiger partial charge in [0.1, 0.15) is 6.61 Å². The molecule has 0 aliphatic carbocycles. The maximum absolute atomic E-state index is 6.23. The molecule has 3 nitrogen and oxygen atoms in total. The third-order valence-corrected chi connectivity index (χ3v) is 5.44. The van der Waals surface area contributed by atoms with Crippen LogP contribution in [0.25, 0.3) is 0 Å². The van der Waals surface area contributed by atoms with E-state index in [-0.39, 0.29) is 0 Å². The number of hydrogen-bond acceptors (Lipinski definition) is 3. The van der Waals surface area contributed by atoms with Crippen molar-refractivity contribution in [3.05, 3.63) is 99.6 Å². The van der Waals surface area contributed by atoms with Crippen LogP contribution in [0.1, 0.15) is 22.3 Å². The Morgan fingerprint density at radius 1 is 1.03 bits per heavy atom. The van der Waals surface area contributed by atoms with Gasteiger partial charge in [-0.2, -0.15) is 0 Å². The number of benzene rings is 3. The van der Waals surface area contributed by atoms with Crippen LogP contribution in [0.15, 0.2) is 67.3 Å². The fourth-order valence-electron chi connectivity index (χ4n) is 3.23. The van der Waals surface area contributed by atoms with E-state index in [9.17, 15) is 0 Å². The lowest BCUT2D eigenvalue weighted by atomic mass is 10.0. The van der Waals surface area contributed by atoms with Crippen LogP contribution in [0.5, 0.6) is 11.5 Å². The van der Waals surface area contributed by atoms with Crippen molar-refractivity contribution in [2.24, 2.45) is 0 Å². The number of ether oxygens (including phenoxy) is 2. The maximum atomic E-state index is 6.23. The zero-order valence-corrected chi connectivity index (χ0v) is 18.7. The largest absolute Gasteiger partial charge is 0.493 e. The Kier molecular flexibility index (Phi) is 7.67. The quantitative estimate of drug-likeness (QED) is 0.355. The first-order valence-electron chi connectivity index (χ1n) is 9.68. The molecule has 0 spiro atoms. The highest BCUT2D eigenvalue weighted by molar-refractivity contribution is 6.31. The number of hydrogen-bond donors (Lipinski definition) is 1. The molecule has 0 unspecified atom stereocenters. The molecule has 0 aromatic heterocycles. The molecule has 0 heterocycles. The van der Waals surface area contributed by atoms with E-state index < -0.39 is 0 Å². The van der Waals surface area contributed by atoms with Crippen LogP contribution in [0.3, 0.4) is 0 Å². The molecule has 3 aromatic rings. The van der Waals surface area contributed by atoms with E-state index in [1.165, 1.54) is 0 Å². The number of allylic oxidation sites excluding steroid dienone is 1. The topological polar surface area (TPSA) is 30.5 Å². The average Bonchev–Trinajstić information content (AvgIpc) is 2.74. The smallest absolute Gasteiger partial charge is 0.165 e. The van der Waals surface area contributed by atoms with Crippen molar-refractivity contribution in [2.75, 3.05) is 12.4 Å². The summed E-state index contributed by atoms with van der Waals surface area (Å²) in [4.78, 5) is 0. The third kappa shape index (κ3) is 5.50. The number of rotatable bonds is 9. The van der Waals surface area contributed by atoms with Crippen molar-refractivity contribution in [3.8, 4) is 11.5 Å². The van der Waals surface area contributed by atoms with Crippen molar-refractivity contribution in [1.82, 2.24) is 0 Å². The Morgan fingerprint density at radius 3 is 2.57 bits per heavy atom. The van der Waals surface area contributed by atoms with Crippen molar-refractivity contribution in [1.29, 1.82) is 0 Å². The first-order chi connectivity index (χ1) is 14.5. The summed E-state index contributed by atoms with van der Waals surface area (Å²) in [7, 11) is 1.65. The van der Waals surface area contributed by atoms with Crippen molar-refractivity contribution < 1.29 is 9.47 Å². The normalized spacial score (nSPS) is 10.5. The highest BCUT2D eigenvalue weighted by Crippen LogP contribution is 2.35. The summed E-state index contributed by atoms with van der Waals surface area (Å²) in [5, 5.41) is 4.89. The second-order valence-electron chi connectivity index (χ2n) is 6.96. The molecule has 5 heteroatoms. The Balaban J connectivity index is 1.83. The summed E-state index contributed by atoms with van der Waals surface area (Å²) >= 11 is 12.3. The summed E-state index contributed by atoms with van der Waals surface area (Å²) in [6, 6.07) is 17.6. The molecule has 0 saturated carbocycles. The highest BCUT2D eigenvalue weighted by Gasteiger charge is 2.14. The molecule has 0 bridgehead atoms. The van der Waals surface area contributed by atoms with Crippen molar-refractivity contribution in [3.63, 3.8) is 0 Å². The Morgan fingerprint density at radius 2 is 1.83 bits per heavy atom. The maximum Gasteiger partial charge on any atom is 0.165 e. The van der Waals surface area contributed by atoms with Crippen LogP contribution in [-0.2, 0) is 19.6 Å². The van der Waals surface area contributed by atoms with Gasteiger partial charge in [-0.05, 0) is 66.4 Å². The summed E-state index contributed by atoms with van der Waals surface area (Å²) in [6.07, 6.45) is 2.53. The van der Waals surface area contributed by atoms with Gasteiger partial charge in [0.15, 0.2) is 11.5 Å². The summed E-state index contributed by atoms with van der Waals surface area (Å²) in [6.45, 7) is 6.92. The molecule has 0 saturated heterocycles. The lowest BCUT2D eigenvalue weighted by molar-refractivity contribution is 0.281. The molecule has 0 atom stereocenters. The van der Waals surface area contributed by atoms with Crippen LogP contribution in [0.2, 0.25) is 10.0 Å². The van der Waals surface area contributed by atoms with Gasteiger partial charge < -0.3 is 14.8 Å². The number of halogens is 2. The van der Waals surface area contributed by atoms with Crippen LogP contribution < -0.4 is 14.8 Å². The van der Waals surface area contributed by atoms with Crippen LogP contribution >= 0.6 is 23.2 Å². The minimum absolute atomic E-state index is 0.403. The second-order valence-corrected chi connectivity index (χ2v) is 7.81. The molecule has 0 fully saturated rings.